The average Bonchev–Trinajstić information content (AvgIpc) is 3.36. The molecule has 0 aromatic heterocycles. The molecule has 0 bridgehead atoms. The third kappa shape index (κ3) is 4.32. The van der Waals surface area contributed by atoms with Crippen LogP contribution in [0.2, 0.25) is 0 Å². The summed E-state index contributed by atoms with van der Waals surface area (Å²) in [4.78, 5) is 15.5. The number of anilines is 1. The van der Waals surface area contributed by atoms with Crippen LogP contribution in [-0.4, -0.2) is 56.4 Å². The molecule has 1 N–H and O–H groups in total. The van der Waals surface area contributed by atoms with E-state index in [1.54, 1.807) is 0 Å². The Morgan fingerprint density at radius 1 is 1.18 bits per heavy atom. The van der Waals surface area contributed by atoms with Crippen LogP contribution in [0.4, 0.5) is 5.69 Å². The number of carbonyl (C=O) groups excluding carboxylic acids is 1. The molecule has 1 fully saturated rings. The van der Waals surface area contributed by atoms with E-state index in [1.807, 2.05) is 32.1 Å². The molecule has 1 amide bonds. The lowest BCUT2D eigenvalue weighted by Gasteiger charge is -2.43. The Kier molecular flexibility index (Phi) is 6.01. The van der Waals surface area contributed by atoms with Crippen LogP contribution in [0.5, 0.6) is 11.5 Å². The van der Waals surface area contributed by atoms with E-state index in [-0.39, 0.29) is 37.0 Å². The average molecular weight is 459 g/mol. The Bertz CT molecular complexity index is 932. The number of ether oxygens (including phenoxy) is 5. The standard InChI is InChI=1S/C25H34N2O6/c1-5-15(2)17-13-29-9-7-6-8-27-18-11-21-20(30-14-31-21)10-16(18)23-24(33-25(3,4)32-23)19(27)12-22(28)26-17/h6-7,10-11,15,17,19,23-24H,5,8-9,12-14H2,1-4H3,(H,26,28)/b7-6+/t15?,17-,19+,23+,24+/m1/s1. The molecule has 8 heteroatoms. The Morgan fingerprint density at radius 3 is 2.76 bits per heavy atom. The first-order chi connectivity index (χ1) is 15.9. The third-order valence-electron chi connectivity index (χ3n) is 7.10. The first-order valence-electron chi connectivity index (χ1n) is 11.9. The Labute approximate surface area is 195 Å². The van der Waals surface area contributed by atoms with Crippen LogP contribution in [0.1, 0.15) is 52.2 Å². The Morgan fingerprint density at radius 2 is 1.97 bits per heavy atom. The number of amides is 1. The number of nitrogens with one attached hydrogen (secondary N) is 1. The van der Waals surface area contributed by atoms with Gasteiger partial charge in [0.05, 0.1) is 25.3 Å². The molecule has 0 saturated carbocycles. The zero-order chi connectivity index (χ0) is 23.2. The number of nitrogens with zero attached hydrogens (tertiary/aromatic N) is 1. The van der Waals surface area contributed by atoms with Gasteiger partial charge in [0.15, 0.2) is 17.3 Å². The van der Waals surface area contributed by atoms with E-state index in [9.17, 15) is 4.79 Å². The van der Waals surface area contributed by atoms with Crippen LogP contribution in [0, 0.1) is 5.92 Å². The number of benzene rings is 1. The number of hydrogen-bond acceptors (Lipinski definition) is 7. The van der Waals surface area contributed by atoms with Gasteiger partial charge in [-0.15, -0.1) is 0 Å². The van der Waals surface area contributed by atoms with Crippen molar-refractivity contribution in [2.45, 2.75) is 70.6 Å². The van der Waals surface area contributed by atoms with Crippen molar-refractivity contribution in [3.8, 4) is 11.5 Å². The molecule has 8 nitrogen and oxygen atoms in total. The first-order valence-corrected chi connectivity index (χ1v) is 11.9. The molecule has 180 valence electrons. The van der Waals surface area contributed by atoms with Crippen LogP contribution in [0.3, 0.4) is 0 Å². The summed E-state index contributed by atoms with van der Waals surface area (Å²) in [6.45, 7) is 9.97. The summed E-state index contributed by atoms with van der Waals surface area (Å²) in [7, 11) is 0. The second-order valence-corrected chi connectivity index (χ2v) is 9.78. The maximum absolute atomic E-state index is 13.3. The highest BCUT2D eigenvalue weighted by Crippen LogP contribution is 2.52. The van der Waals surface area contributed by atoms with Gasteiger partial charge in [-0.1, -0.05) is 32.4 Å². The lowest BCUT2D eigenvalue weighted by molar-refractivity contribution is -0.148. The van der Waals surface area contributed by atoms with E-state index >= 15 is 0 Å². The summed E-state index contributed by atoms with van der Waals surface area (Å²) in [6.07, 6.45) is 4.84. The fourth-order valence-electron chi connectivity index (χ4n) is 5.16. The van der Waals surface area contributed by atoms with Gasteiger partial charge in [-0.3, -0.25) is 4.79 Å². The zero-order valence-corrected chi connectivity index (χ0v) is 19.8. The maximum Gasteiger partial charge on any atom is 0.231 e. The van der Waals surface area contributed by atoms with Crippen molar-refractivity contribution >= 4 is 11.6 Å². The SMILES string of the molecule is CCC(C)[C@H]1COC/C=C/CN2c3cc4c(cc3[C@@H]3OC(C)(C)O[C@H]3[C@@H]2CC(=O)N1)OCO4. The summed E-state index contributed by atoms with van der Waals surface area (Å²) in [6, 6.07) is 3.79. The molecular weight excluding hydrogens is 424 g/mol. The van der Waals surface area contributed by atoms with Crippen molar-refractivity contribution in [3.05, 3.63) is 29.8 Å². The smallest absolute Gasteiger partial charge is 0.231 e. The summed E-state index contributed by atoms with van der Waals surface area (Å²) in [5, 5.41) is 3.23. The molecule has 5 rings (SSSR count). The van der Waals surface area contributed by atoms with Crippen molar-refractivity contribution in [1.82, 2.24) is 5.32 Å². The highest BCUT2D eigenvalue weighted by atomic mass is 16.8. The molecule has 1 aromatic carbocycles. The first kappa shape index (κ1) is 22.5. The number of rotatable bonds is 2. The third-order valence-corrected chi connectivity index (χ3v) is 7.10. The molecule has 33 heavy (non-hydrogen) atoms. The van der Waals surface area contributed by atoms with E-state index in [4.69, 9.17) is 23.7 Å². The Hall–Kier alpha value is -2.29. The fourth-order valence-corrected chi connectivity index (χ4v) is 5.16. The molecular formula is C25H34N2O6. The molecule has 1 aromatic rings. The van der Waals surface area contributed by atoms with E-state index < -0.39 is 5.79 Å². The minimum absolute atomic E-state index is 0.000275. The summed E-state index contributed by atoms with van der Waals surface area (Å²) in [5.41, 5.74) is 1.99. The number of carbonyl (C=O) groups is 1. The molecule has 1 unspecified atom stereocenters. The largest absolute Gasteiger partial charge is 0.454 e. The molecule has 0 spiro atoms. The molecule has 4 aliphatic heterocycles. The summed E-state index contributed by atoms with van der Waals surface area (Å²) >= 11 is 0. The van der Waals surface area contributed by atoms with E-state index in [1.165, 1.54) is 0 Å². The van der Waals surface area contributed by atoms with Crippen LogP contribution < -0.4 is 19.7 Å². The van der Waals surface area contributed by atoms with Gasteiger partial charge in [0.25, 0.3) is 0 Å². The van der Waals surface area contributed by atoms with Gasteiger partial charge >= 0.3 is 0 Å². The van der Waals surface area contributed by atoms with Crippen LogP contribution in [0.15, 0.2) is 24.3 Å². The predicted octanol–water partition coefficient (Wildman–Crippen LogP) is 3.30. The maximum atomic E-state index is 13.3. The number of fused-ring (bicyclic) bond motifs is 7. The second-order valence-electron chi connectivity index (χ2n) is 9.78. The van der Waals surface area contributed by atoms with E-state index in [2.05, 4.69) is 30.1 Å². The van der Waals surface area contributed by atoms with Gasteiger partial charge in [0.2, 0.25) is 12.7 Å². The molecule has 5 atom stereocenters. The lowest BCUT2D eigenvalue weighted by atomic mass is 9.88. The van der Waals surface area contributed by atoms with Crippen molar-refractivity contribution in [2.24, 2.45) is 5.92 Å². The van der Waals surface area contributed by atoms with Gasteiger partial charge < -0.3 is 33.9 Å². The monoisotopic (exact) mass is 458 g/mol. The minimum Gasteiger partial charge on any atom is -0.454 e. The quantitative estimate of drug-likeness (QED) is 0.682. The fraction of sp³-hybridized carbons (Fsp3) is 0.640. The topological polar surface area (TPSA) is 78.5 Å². The van der Waals surface area contributed by atoms with Crippen LogP contribution in [0.25, 0.3) is 0 Å². The van der Waals surface area contributed by atoms with Gasteiger partial charge in [-0.2, -0.15) is 0 Å². The molecule has 4 aliphatic rings. The van der Waals surface area contributed by atoms with Crippen LogP contribution >= 0.6 is 0 Å². The predicted molar refractivity (Wildman–Crippen MR) is 122 cm³/mol. The molecule has 0 aliphatic carbocycles. The van der Waals surface area contributed by atoms with Gasteiger partial charge in [0, 0.05) is 30.3 Å². The Balaban J connectivity index is 1.54. The number of hydrogen-bond donors (Lipinski definition) is 1. The highest BCUT2D eigenvalue weighted by molar-refractivity contribution is 5.78. The lowest BCUT2D eigenvalue weighted by Crippen LogP contribution is -2.53. The van der Waals surface area contributed by atoms with Gasteiger partial charge in [-0.05, 0) is 25.8 Å². The summed E-state index contributed by atoms with van der Waals surface area (Å²) in [5.74, 6) is 0.999. The van der Waals surface area contributed by atoms with Crippen molar-refractivity contribution in [3.63, 3.8) is 0 Å². The zero-order valence-electron chi connectivity index (χ0n) is 19.8. The normalized spacial score (nSPS) is 32.5. The molecule has 0 radical (unpaired) electrons. The summed E-state index contributed by atoms with van der Waals surface area (Å²) < 4.78 is 29.9. The second kappa shape index (κ2) is 8.81. The van der Waals surface area contributed by atoms with E-state index in [0.29, 0.717) is 43.6 Å². The van der Waals surface area contributed by atoms with Crippen molar-refractivity contribution < 1.29 is 28.5 Å². The van der Waals surface area contributed by atoms with Gasteiger partial charge in [0.1, 0.15) is 12.2 Å². The minimum atomic E-state index is -0.748. The van der Waals surface area contributed by atoms with E-state index in [0.717, 1.165) is 17.7 Å². The molecule has 4 heterocycles. The van der Waals surface area contributed by atoms with Crippen LogP contribution in [-0.2, 0) is 19.0 Å². The van der Waals surface area contributed by atoms with Crippen molar-refractivity contribution in [1.29, 1.82) is 0 Å². The van der Waals surface area contributed by atoms with Gasteiger partial charge in [-0.25, -0.2) is 0 Å². The highest BCUT2D eigenvalue weighted by Gasteiger charge is 2.52. The molecule has 1 saturated heterocycles. The van der Waals surface area contributed by atoms with Crippen molar-refractivity contribution in [2.75, 3.05) is 31.5 Å².